The Bertz CT molecular complexity index is 459. The predicted octanol–water partition coefficient (Wildman–Crippen LogP) is 1.07. The maximum Gasteiger partial charge on any atom is 0.228 e. The van der Waals surface area contributed by atoms with Crippen LogP contribution < -0.4 is 20.1 Å². The summed E-state index contributed by atoms with van der Waals surface area (Å²) in [4.78, 5) is 13.3. The van der Waals surface area contributed by atoms with Crippen molar-refractivity contribution in [3.05, 3.63) is 17.7 Å². The lowest BCUT2D eigenvalue weighted by Crippen LogP contribution is -2.36. The molecule has 1 unspecified atom stereocenters. The van der Waals surface area contributed by atoms with E-state index in [0.717, 1.165) is 11.3 Å². The first-order valence-corrected chi connectivity index (χ1v) is 5.36. The summed E-state index contributed by atoms with van der Waals surface area (Å²) in [5, 5.41) is 0. The van der Waals surface area contributed by atoms with Crippen LogP contribution in [0.1, 0.15) is 18.0 Å². The SMILES string of the molecule is COc1cc(OC)c2c(c1)C(N)CC(=O)N2C. The summed E-state index contributed by atoms with van der Waals surface area (Å²) in [6, 6.07) is 3.30. The lowest BCUT2D eigenvalue weighted by atomic mass is 9.96. The number of rotatable bonds is 2. The lowest BCUT2D eigenvalue weighted by molar-refractivity contribution is -0.119. The Morgan fingerprint density at radius 1 is 1.35 bits per heavy atom. The number of nitrogens with two attached hydrogens (primary N) is 1. The molecule has 0 aliphatic carbocycles. The number of benzene rings is 1. The van der Waals surface area contributed by atoms with E-state index in [4.69, 9.17) is 15.2 Å². The molecule has 0 saturated carbocycles. The molecular formula is C12H16N2O3. The second-order valence-corrected chi connectivity index (χ2v) is 4.03. The molecule has 0 radical (unpaired) electrons. The first-order chi connectivity index (χ1) is 8.08. The molecule has 1 aliphatic heterocycles. The van der Waals surface area contributed by atoms with Gasteiger partial charge in [0.05, 0.1) is 19.9 Å². The molecule has 1 aromatic carbocycles. The van der Waals surface area contributed by atoms with Gasteiger partial charge in [0.15, 0.2) is 0 Å². The van der Waals surface area contributed by atoms with E-state index in [1.54, 1.807) is 32.2 Å². The van der Waals surface area contributed by atoms with Gasteiger partial charge in [0, 0.05) is 31.1 Å². The fourth-order valence-corrected chi connectivity index (χ4v) is 2.08. The van der Waals surface area contributed by atoms with Gasteiger partial charge in [-0.1, -0.05) is 0 Å². The predicted molar refractivity (Wildman–Crippen MR) is 64.5 cm³/mol. The topological polar surface area (TPSA) is 64.8 Å². The summed E-state index contributed by atoms with van der Waals surface area (Å²) in [5.41, 5.74) is 7.60. The van der Waals surface area contributed by atoms with E-state index >= 15 is 0 Å². The standard InChI is InChI=1S/C12H16N2O3/c1-14-11(15)6-9(13)8-4-7(16-2)5-10(17-3)12(8)14/h4-5,9H,6,13H2,1-3H3. The molecule has 5 heteroatoms. The Morgan fingerprint density at radius 3 is 2.65 bits per heavy atom. The van der Waals surface area contributed by atoms with Crippen LogP contribution in [0.15, 0.2) is 12.1 Å². The van der Waals surface area contributed by atoms with Crippen LogP contribution in [0.25, 0.3) is 0 Å². The van der Waals surface area contributed by atoms with Gasteiger partial charge in [-0.3, -0.25) is 4.79 Å². The summed E-state index contributed by atoms with van der Waals surface area (Å²) in [6.45, 7) is 0. The van der Waals surface area contributed by atoms with Gasteiger partial charge in [-0.05, 0) is 6.07 Å². The molecule has 1 atom stereocenters. The van der Waals surface area contributed by atoms with Crippen LogP contribution >= 0.6 is 0 Å². The highest BCUT2D eigenvalue weighted by Gasteiger charge is 2.30. The third kappa shape index (κ3) is 1.82. The first kappa shape index (κ1) is 11.7. The van der Waals surface area contributed by atoms with Gasteiger partial charge in [0.1, 0.15) is 11.5 Å². The minimum atomic E-state index is -0.308. The molecule has 17 heavy (non-hydrogen) atoms. The van der Waals surface area contributed by atoms with Gasteiger partial charge in [-0.15, -0.1) is 0 Å². The minimum Gasteiger partial charge on any atom is -0.497 e. The normalized spacial score (nSPS) is 18.9. The second-order valence-electron chi connectivity index (χ2n) is 4.03. The van der Waals surface area contributed by atoms with E-state index < -0.39 is 0 Å². The third-order valence-corrected chi connectivity index (χ3v) is 3.04. The number of nitrogens with zero attached hydrogens (tertiary/aromatic N) is 1. The molecule has 0 saturated heterocycles. The molecule has 0 bridgehead atoms. The zero-order valence-electron chi connectivity index (χ0n) is 10.2. The van der Waals surface area contributed by atoms with E-state index in [9.17, 15) is 4.79 Å². The summed E-state index contributed by atoms with van der Waals surface area (Å²) in [7, 11) is 4.87. The van der Waals surface area contributed by atoms with Crippen molar-refractivity contribution >= 4 is 11.6 Å². The highest BCUT2D eigenvalue weighted by molar-refractivity contribution is 5.98. The van der Waals surface area contributed by atoms with Gasteiger partial charge in [-0.2, -0.15) is 0 Å². The van der Waals surface area contributed by atoms with Gasteiger partial charge in [-0.25, -0.2) is 0 Å². The zero-order chi connectivity index (χ0) is 12.6. The Kier molecular flexibility index (Phi) is 2.93. The number of fused-ring (bicyclic) bond motifs is 1. The molecule has 2 rings (SSSR count). The van der Waals surface area contributed by atoms with E-state index in [2.05, 4.69) is 0 Å². The number of ether oxygens (including phenoxy) is 2. The average molecular weight is 236 g/mol. The van der Waals surface area contributed by atoms with Crippen molar-refractivity contribution < 1.29 is 14.3 Å². The minimum absolute atomic E-state index is 0.00605. The number of carbonyl (C=O) groups excluding carboxylic acids is 1. The zero-order valence-corrected chi connectivity index (χ0v) is 10.2. The molecule has 0 spiro atoms. The van der Waals surface area contributed by atoms with Crippen molar-refractivity contribution in [2.24, 2.45) is 5.73 Å². The molecule has 5 nitrogen and oxygen atoms in total. The molecule has 1 heterocycles. The van der Waals surface area contributed by atoms with Crippen molar-refractivity contribution in [2.75, 3.05) is 26.2 Å². The summed E-state index contributed by atoms with van der Waals surface area (Å²) < 4.78 is 10.5. The highest BCUT2D eigenvalue weighted by atomic mass is 16.5. The van der Waals surface area contributed by atoms with Crippen LogP contribution in [-0.4, -0.2) is 27.2 Å². The van der Waals surface area contributed by atoms with Crippen LogP contribution in [-0.2, 0) is 4.79 Å². The number of methoxy groups -OCH3 is 2. The number of anilines is 1. The Labute approximate surface area is 100 Å². The second kappa shape index (κ2) is 4.25. The van der Waals surface area contributed by atoms with Crippen LogP contribution in [0.5, 0.6) is 11.5 Å². The number of hydrogen-bond acceptors (Lipinski definition) is 4. The smallest absolute Gasteiger partial charge is 0.228 e. The largest absolute Gasteiger partial charge is 0.497 e. The summed E-state index contributed by atoms with van der Waals surface area (Å²) in [6.07, 6.45) is 0.305. The molecular weight excluding hydrogens is 220 g/mol. The number of amides is 1. The Balaban J connectivity index is 2.63. The summed E-state index contributed by atoms with van der Waals surface area (Å²) >= 11 is 0. The van der Waals surface area contributed by atoms with Crippen molar-refractivity contribution in [2.45, 2.75) is 12.5 Å². The maximum atomic E-state index is 11.7. The average Bonchev–Trinajstić information content (AvgIpc) is 2.34. The van der Waals surface area contributed by atoms with E-state index in [0.29, 0.717) is 17.9 Å². The van der Waals surface area contributed by atoms with Crippen molar-refractivity contribution in [1.82, 2.24) is 0 Å². The van der Waals surface area contributed by atoms with Gasteiger partial charge in [0.25, 0.3) is 0 Å². The first-order valence-electron chi connectivity index (χ1n) is 5.36. The fourth-order valence-electron chi connectivity index (χ4n) is 2.08. The number of hydrogen-bond donors (Lipinski definition) is 1. The summed E-state index contributed by atoms with van der Waals surface area (Å²) in [5.74, 6) is 1.28. The third-order valence-electron chi connectivity index (χ3n) is 3.04. The highest BCUT2D eigenvalue weighted by Crippen LogP contribution is 2.42. The van der Waals surface area contributed by atoms with E-state index in [1.807, 2.05) is 6.07 Å². The van der Waals surface area contributed by atoms with Crippen molar-refractivity contribution in [3.8, 4) is 11.5 Å². The van der Waals surface area contributed by atoms with Crippen LogP contribution in [0.3, 0.4) is 0 Å². The van der Waals surface area contributed by atoms with E-state index in [-0.39, 0.29) is 11.9 Å². The van der Waals surface area contributed by atoms with Gasteiger partial charge in [0.2, 0.25) is 5.91 Å². The molecule has 92 valence electrons. The van der Waals surface area contributed by atoms with Crippen LogP contribution in [0.4, 0.5) is 5.69 Å². The molecule has 2 N–H and O–H groups in total. The molecule has 1 amide bonds. The Morgan fingerprint density at radius 2 is 2.06 bits per heavy atom. The van der Waals surface area contributed by atoms with Gasteiger partial charge >= 0.3 is 0 Å². The van der Waals surface area contributed by atoms with Crippen LogP contribution in [0, 0.1) is 0 Å². The molecule has 1 aliphatic rings. The lowest BCUT2D eigenvalue weighted by Gasteiger charge is -2.31. The van der Waals surface area contributed by atoms with Crippen LogP contribution in [0.2, 0.25) is 0 Å². The van der Waals surface area contributed by atoms with E-state index in [1.165, 1.54) is 0 Å². The van der Waals surface area contributed by atoms with Crippen molar-refractivity contribution in [3.63, 3.8) is 0 Å². The molecule has 1 aromatic rings. The molecule has 0 aromatic heterocycles. The monoisotopic (exact) mass is 236 g/mol. The molecule has 0 fully saturated rings. The maximum absolute atomic E-state index is 11.7. The Hall–Kier alpha value is -1.75. The van der Waals surface area contributed by atoms with Gasteiger partial charge < -0.3 is 20.1 Å². The quantitative estimate of drug-likeness (QED) is 0.834. The number of carbonyl (C=O) groups is 1. The van der Waals surface area contributed by atoms with Crippen molar-refractivity contribution in [1.29, 1.82) is 0 Å². The fraction of sp³-hybridized carbons (Fsp3) is 0.417.